The number of benzene rings is 10. The first-order valence-electron chi connectivity index (χ1n) is 20.8. The second kappa shape index (κ2) is 12.8. The van der Waals surface area contributed by atoms with E-state index in [1.165, 1.54) is 93.6 Å². The molecule has 0 bridgehead atoms. The molecule has 1 aromatic heterocycles. The summed E-state index contributed by atoms with van der Waals surface area (Å²) in [6.07, 6.45) is 0. The van der Waals surface area contributed by atoms with Gasteiger partial charge in [0.15, 0.2) is 0 Å². The number of anilines is 6. The molecular weight excluding hydrogens is 725 g/mol. The molecule has 0 radical (unpaired) electrons. The summed E-state index contributed by atoms with van der Waals surface area (Å²) in [5, 5.41) is 7.46. The van der Waals surface area contributed by atoms with Gasteiger partial charge in [0, 0.05) is 61.4 Å². The molecule has 0 saturated heterocycles. The molecule has 3 nitrogen and oxygen atoms in total. The van der Waals surface area contributed by atoms with Crippen LogP contribution in [0.4, 0.5) is 34.1 Å². The van der Waals surface area contributed by atoms with Crippen molar-refractivity contribution >= 4 is 101 Å². The fourth-order valence-corrected chi connectivity index (χ4v) is 10.4. The Morgan fingerprint density at radius 1 is 0.317 bits per heavy atom. The minimum atomic E-state index is 0.00581. The predicted molar refractivity (Wildman–Crippen MR) is 255 cm³/mol. The zero-order valence-corrected chi connectivity index (χ0v) is 32.7. The van der Waals surface area contributed by atoms with Crippen LogP contribution in [0.25, 0.3) is 60.2 Å². The number of nitrogens with zero attached hydrogens (tertiary/aromatic N) is 3. The molecular formula is C56H36BN3. The topological polar surface area (TPSA) is 11.4 Å². The van der Waals surface area contributed by atoms with Gasteiger partial charge < -0.3 is 14.4 Å². The summed E-state index contributed by atoms with van der Waals surface area (Å²) in [7, 11) is 0. The molecule has 10 aromatic carbocycles. The molecule has 0 fully saturated rings. The van der Waals surface area contributed by atoms with Crippen LogP contribution in [-0.2, 0) is 0 Å². The van der Waals surface area contributed by atoms with Gasteiger partial charge in [0.2, 0.25) is 0 Å². The summed E-state index contributed by atoms with van der Waals surface area (Å²) in [4.78, 5) is 5.09. The van der Waals surface area contributed by atoms with E-state index in [4.69, 9.17) is 0 Å². The third-order valence-electron chi connectivity index (χ3n) is 12.9. The lowest BCUT2D eigenvalue weighted by atomic mass is 9.33. The minimum absolute atomic E-state index is 0.00581. The minimum Gasteiger partial charge on any atom is -0.311 e. The molecule has 4 heteroatoms. The van der Waals surface area contributed by atoms with Crippen LogP contribution in [0.2, 0.25) is 0 Å². The van der Waals surface area contributed by atoms with Crippen molar-refractivity contribution < 1.29 is 0 Å². The van der Waals surface area contributed by atoms with Crippen LogP contribution in [0.5, 0.6) is 0 Å². The summed E-state index contributed by atoms with van der Waals surface area (Å²) < 4.78 is 2.42. The fourth-order valence-electron chi connectivity index (χ4n) is 10.4. The van der Waals surface area contributed by atoms with E-state index in [1.54, 1.807) is 0 Å². The Balaban J connectivity index is 1.18. The Labute approximate surface area is 348 Å². The highest BCUT2D eigenvalue weighted by atomic mass is 15.2. The van der Waals surface area contributed by atoms with Crippen molar-refractivity contribution in [3.63, 3.8) is 0 Å². The summed E-state index contributed by atoms with van der Waals surface area (Å²) in [6.45, 7) is 0.00581. The maximum atomic E-state index is 2.55. The first-order valence-corrected chi connectivity index (χ1v) is 20.8. The number of hydrogen-bond acceptors (Lipinski definition) is 2. The van der Waals surface area contributed by atoms with Crippen molar-refractivity contribution in [2.75, 3.05) is 9.80 Å². The molecule has 0 atom stereocenters. The number of para-hydroxylation sites is 4. The van der Waals surface area contributed by atoms with Crippen LogP contribution in [-0.4, -0.2) is 11.3 Å². The van der Waals surface area contributed by atoms with Crippen molar-refractivity contribution in [1.82, 2.24) is 4.57 Å². The molecule has 13 rings (SSSR count). The van der Waals surface area contributed by atoms with Crippen molar-refractivity contribution in [2.24, 2.45) is 0 Å². The van der Waals surface area contributed by atoms with Crippen LogP contribution >= 0.6 is 0 Å². The lowest BCUT2D eigenvalue weighted by Gasteiger charge is -2.45. The zero-order chi connectivity index (χ0) is 39.3. The van der Waals surface area contributed by atoms with Crippen LogP contribution in [0.15, 0.2) is 218 Å². The van der Waals surface area contributed by atoms with E-state index in [2.05, 4.69) is 233 Å². The van der Waals surface area contributed by atoms with Gasteiger partial charge in [-0.2, -0.15) is 0 Å². The van der Waals surface area contributed by atoms with Crippen molar-refractivity contribution in [3.8, 4) is 16.8 Å². The largest absolute Gasteiger partial charge is 0.311 e. The molecule has 60 heavy (non-hydrogen) atoms. The van der Waals surface area contributed by atoms with Crippen LogP contribution in [0, 0.1) is 0 Å². The van der Waals surface area contributed by atoms with Crippen molar-refractivity contribution in [3.05, 3.63) is 218 Å². The van der Waals surface area contributed by atoms with Gasteiger partial charge in [0.1, 0.15) is 0 Å². The highest BCUT2D eigenvalue weighted by molar-refractivity contribution is 7.00. The summed E-state index contributed by atoms with van der Waals surface area (Å²) in [5.74, 6) is 0. The van der Waals surface area contributed by atoms with Crippen LogP contribution in [0.1, 0.15) is 0 Å². The first kappa shape index (κ1) is 33.2. The third kappa shape index (κ3) is 4.73. The van der Waals surface area contributed by atoms with Gasteiger partial charge in [-0.3, -0.25) is 0 Å². The van der Waals surface area contributed by atoms with Gasteiger partial charge in [-0.1, -0.05) is 158 Å². The maximum absolute atomic E-state index is 2.55. The van der Waals surface area contributed by atoms with Crippen molar-refractivity contribution in [2.45, 2.75) is 0 Å². The Bertz CT molecular complexity index is 3350. The Morgan fingerprint density at radius 2 is 0.783 bits per heavy atom. The first-order chi connectivity index (χ1) is 29.8. The molecule has 3 heterocycles. The van der Waals surface area contributed by atoms with E-state index < -0.39 is 0 Å². The number of aromatic nitrogens is 1. The fraction of sp³-hybridized carbons (Fsp3) is 0. The zero-order valence-electron chi connectivity index (χ0n) is 32.7. The van der Waals surface area contributed by atoms with Crippen LogP contribution in [0.3, 0.4) is 0 Å². The highest BCUT2D eigenvalue weighted by Crippen LogP contribution is 2.49. The van der Waals surface area contributed by atoms with E-state index in [-0.39, 0.29) is 6.71 Å². The molecule has 0 unspecified atom stereocenters. The van der Waals surface area contributed by atoms with E-state index in [1.807, 2.05) is 0 Å². The summed E-state index contributed by atoms with van der Waals surface area (Å²) >= 11 is 0. The second-order valence-corrected chi connectivity index (χ2v) is 16.1. The molecule has 2 aliphatic heterocycles. The van der Waals surface area contributed by atoms with Crippen LogP contribution < -0.4 is 26.2 Å². The van der Waals surface area contributed by atoms with Gasteiger partial charge in [-0.05, 0) is 99.0 Å². The molecule has 0 saturated carbocycles. The SMILES string of the molecule is c1ccc(N2c3cc(-c4ccc5c6ccccc6n(-c6ccccc6)c5c4)cc4c3B(c3ccc5ccccc5c32)c2ccc3ccccc3c2N4c2ccccc2)cc1. The maximum Gasteiger partial charge on any atom is 0.252 e. The molecule has 278 valence electrons. The lowest BCUT2D eigenvalue weighted by Crippen LogP contribution is -2.61. The Hall–Kier alpha value is -7.82. The number of fused-ring (bicyclic) bond motifs is 11. The van der Waals surface area contributed by atoms with Crippen molar-refractivity contribution in [1.29, 1.82) is 0 Å². The molecule has 0 spiro atoms. The van der Waals surface area contributed by atoms with E-state index in [0.717, 1.165) is 17.1 Å². The van der Waals surface area contributed by atoms with Gasteiger partial charge in [-0.25, -0.2) is 0 Å². The predicted octanol–water partition coefficient (Wildman–Crippen LogP) is 12.8. The molecule has 0 aliphatic carbocycles. The van der Waals surface area contributed by atoms with Gasteiger partial charge in [0.05, 0.1) is 11.0 Å². The van der Waals surface area contributed by atoms with Gasteiger partial charge >= 0.3 is 0 Å². The molecule has 11 aromatic rings. The van der Waals surface area contributed by atoms with E-state index in [9.17, 15) is 0 Å². The Kier molecular flexibility index (Phi) is 7.10. The second-order valence-electron chi connectivity index (χ2n) is 16.1. The summed E-state index contributed by atoms with van der Waals surface area (Å²) in [5.41, 5.74) is 17.0. The molecule has 2 aliphatic rings. The quantitative estimate of drug-likeness (QED) is 0.166. The molecule has 0 N–H and O–H groups in total. The normalized spacial score (nSPS) is 12.9. The van der Waals surface area contributed by atoms with Gasteiger partial charge in [-0.15, -0.1) is 0 Å². The lowest BCUT2D eigenvalue weighted by molar-refractivity contribution is 1.18. The number of hydrogen-bond donors (Lipinski definition) is 0. The Morgan fingerprint density at radius 3 is 1.35 bits per heavy atom. The van der Waals surface area contributed by atoms with Gasteiger partial charge in [0.25, 0.3) is 6.71 Å². The number of rotatable bonds is 4. The monoisotopic (exact) mass is 761 g/mol. The smallest absolute Gasteiger partial charge is 0.252 e. The highest BCUT2D eigenvalue weighted by Gasteiger charge is 2.44. The molecule has 0 amide bonds. The average molecular weight is 762 g/mol. The standard InChI is InChI=1S/C56H36BN3/c1-4-18-41(19-5-1)58-50-27-15-14-26-46(50)47-31-28-39(34-51(47)58)40-35-52-54-53(36-40)60(43-22-8-3-9-23-43)56-45-25-13-11-17-38(45)30-33-49(56)57(54)48-32-29-37-16-10-12-24-44(37)55(48)59(52)42-20-6-2-7-21-42/h1-36H. The average Bonchev–Trinajstić information content (AvgIpc) is 3.65. The third-order valence-corrected chi connectivity index (χ3v) is 12.9. The van der Waals surface area contributed by atoms with E-state index >= 15 is 0 Å². The van der Waals surface area contributed by atoms with E-state index in [0.29, 0.717) is 0 Å². The summed E-state index contributed by atoms with van der Waals surface area (Å²) in [6, 6.07) is 80.7.